The quantitative estimate of drug-likeness (QED) is 0.771. The standard InChI is InChI=1S/C18H19N3O5/c19-16(22)11-26-14-5-3-13(4-6-14)20-18(24)12-8-17(23)21(9-12)10-15-2-1-7-25-15/h1-7,12H,8-11H2,(H2,19,22)(H,20,24)/t12-/m1/s1. The Kier molecular flexibility index (Phi) is 5.21. The van der Waals surface area contributed by atoms with Crippen LogP contribution in [-0.4, -0.2) is 35.8 Å². The number of anilines is 1. The smallest absolute Gasteiger partial charge is 0.255 e. The maximum Gasteiger partial charge on any atom is 0.255 e. The van der Waals surface area contributed by atoms with Crippen molar-refractivity contribution in [3.05, 3.63) is 48.4 Å². The first-order chi connectivity index (χ1) is 12.5. The summed E-state index contributed by atoms with van der Waals surface area (Å²) < 4.78 is 10.4. The molecule has 2 aromatic rings. The summed E-state index contributed by atoms with van der Waals surface area (Å²) in [5.41, 5.74) is 5.59. The molecule has 0 radical (unpaired) electrons. The highest BCUT2D eigenvalue weighted by molar-refractivity contribution is 5.97. The predicted octanol–water partition coefficient (Wildman–Crippen LogP) is 1.13. The molecule has 1 aliphatic heterocycles. The Morgan fingerprint density at radius 3 is 2.69 bits per heavy atom. The molecule has 3 N–H and O–H groups in total. The van der Waals surface area contributed by atoms with Crippen molar-refractivity contribution in [3.63, 3.8) is 0 Å². The van der Waals surface area contributed by atoms with E-state index in [1.54, 1.807) is 47.6 Å². The number of likely N-dealkylation sites (tertiary alicyclic amines) is 1. The van der Waals surface area contributed by atoms with Crippen LogP contribution in [0.15, 0.2) is 47.1 Å². The molecular formula is C18H19N3O5. The molecule has 0 spiro atoms. The molecule has 1 atom stereocenters. The lowest BCUT2D eigenvalue weighted by atomic mass is 10.1. The van der Waals surface area contributed by atoms with Gasteiger partial charge in [-0.1, -0.05) is 0 Å². The van der Waals surface area contributed by atoms with Crippen molar-refractivity contribution in [2.24, 2.45) is 11.7 Å². The van der Waals surface area contributed by atoms with Crippen molar-refractivity contribution < 1.29 is 23.5 Å². The van der Waals surface area contributed by atoms with Crippen LogP contribution >= 0.6 is 0 Å². The van der Waals surface area contributed by atoms with E-state index in [0.29, 0.717) is 30.3 Å². The molecule has 8 nitrogen and oxygen atoms in total. The van der Waals surface area contributed by atoms with Gasteiger partial charge < -0.3 is 25.1 Å². The van der Waals surface area contributed by atoms with Crippen molar-refractivity contribution in [1.29, 1.82) is 0 Å². The topological polar surface area (TPSA) is 115 Å². The van der Waals surface area contributed by atoms with E-state index in [0.717, 1.165) is 0 Å². The van der Waals surface area contributed by atoms with E-state index < -0.39 is 11.8 Å². The first-order valence-electron chi connectivity index (χ1n) is 8.13. The van der Waals surface area contributed by atoms with Gasteiger partial charge in [-0.15, -0.1) is 0 Å². The lowest BCUT2D eigenvalue weighted by Gasteiger charge is -2.15. The summed E-state index contributed by atoms with van der Waals surface area (Å²) >= 11 is 0. The van der Waals surface area contributed by atoms with E-state index in [2.05, 4.69) is 5.32 Å². The number of primary amides is 1. The first-order valence-corrected chi connectivity index (χ1v) is 8.13. The Balaban J connectivity index is 1.53. The molecule has 26 heavy (non-hydrogen) atoms. The van der Waals surface area contributed by atoms with E-state index >= 15 is 0 Å². The Morgan fingerprint density at radius 1 is 1.27 bits per heavy atom. The Bertz CT molecular complexity index is 786. The van der Waals surface area contributed by atoms with Crippen molar-refractivity contribution in [3.8, 4) is 5.75 Å². The number of nitrogens with two attached hydrogens (primary N) is 1. The molecule has 1 aromatic carbocycles. The normalized spacial score (nSPS) is 16.5. The van der Waals surface area contributed by atoms with Gasteiger partial charge in [0, 0.05) is 18.7 Å². The zero-order valence-electron chi connectivity index (χ0n) is 14.0. The summed E-state index contributed by atoms with van der Waals surface area (Å²) in [6.07, 6.45) is 1.73. The van der Waals surface area contributed by atoms with Gasteiger partial charge in [-0.25, -0.2) is 0 Å². The molecule has 0 saturated carbocycles. The molecule has 0 unspecified atom stereocenters. The van der Waals surface area contributed by atoms with Gasteiger partial charge in [-0.3, -0.25) is 14.4 Å². The van der Waals surface area contributed by atoms with Gasteiger partial charge in [-0.05, 0) is 36.4 Å². The second kappa shape index (κ2) is 7.73. The lowest BCUT2D eigenvalue weighted by Crippen LogP contribution is -2.27. The van der Waals surface area contributed by atoms with E-state index in [1.165, 1.54) is 0 Å². The van der Waals surface area contributed by atoms with Gasteiger partial charge in [0.05, 0.1) is 18.7 Å². The molecule has 8 heteroatoms. The van der Waals surface area contributed by atoms with Crippen LogP contribution in [0.4, 0.5) is 5.69 Å². The van der Waals surface area contributed by atoms with Crippen LogP contribution in [0.3, 0.4) is 0 Å². The zero-order chi connectivity index (χ0) is 18.5. The highest BCUT2D eigenvalue weighted by Crippen LogP contribution is 2.23. The summed E-state index contributed by atoms with van der Waals surface area (Å²) in [6, 6.07) is 10.1. The summed E-state index contributed by atoms with van der Waals surface area (Å²) in [4.78, 5) is 36.8. The molecule has 1 saturated heterocycles. The van der Waals surface area contributed by atoms with Gasteiger partial charge in [0.15, 0.2) is 6.61 Å². The minimum absolute atomic E-state index is 0.0725. The fraction of sp³-hybridized carbons (Fsp3) is 0.278. The van der Waals surface area contributed by atoms with E-state index in [1.807, 2.05) is 0 Å². The van der Waals surface area contributed by atoms with Gasteiger partial charge in [-0.2, -0.15) is 0 Å². The molecule has 1 fully saturated rings. The van der Waals surface area contributed by atoms with Crippen LogP contribution in [0, 0.1) is 5.92 Å². The van der Waals surface area contributed by atoms with Crippen molar-refractivity contribution >= 4 is 23.4 Å². The number of ether oxygens (including phenoxy) is 1. The van der Waals surface area contributed by atoms with Crippen molar-refractivity contribution in [2.45, 2.75) is 13.0 Å². The Hall–Kier alpha value is -3.29. The van der Waals surface area contributed by atoms with Gasteiger partial charge >= 0.3 is 0 Å². The minimum Gasteiger partial charge on any atom is -0.484 e. The number of amides is 3. The first kappa shape index (κ1) is 17.5. The molecular weight excluding hydrogens is 338 g/mol. The molecule has 0 bridgehead atoms. The summed E-state index contributed by atoms with van der Waals surface area (Å²) in [6.45, 7) is 0.508. The second-order valence-electron chi connectivity index (χ2n) is 6.02. The second-order valence-corrected chi connectivity index (χ2v) is 6.02. The maximum absolute atomic E-state index is 12.4. The molecule has 3 amide bonds. The van der Waals surface area contributed by atoms with Crippen LogP contribution in [0.25, 0.3) is 0 Å². The molecule has 0 aliphatic carbocycles. The fourth-order valence-corrected chi connectivity index (χ4v) is 2.72. The maximum atomic E-state index is 12.4. The highest BCUT2D eigenvalue weighted by atomic mass is 16.5. The fourth-order valence-electron chi connectivity index (χ4n) is 2.72. The molecule has 1 aromatic heterocycles. The van der Waals surface area contributed by atoms with E-state index in [9.17, 15) is 14.4 Å². The molecule has 1 aliphatic rings. The number of hydrogen-bond donors (Lipinski definition) is 2. The van der Waals surface area contributed by atoms with Crippen LogP contribution in [0.1, 0.15) is 12.2 Å². The average molecular weight is 357 g/mol. The number of hydrogen-bond acceptors (Lipinski definition) is 5. The van der Waals surface area contributed by atoms with Crippen LogP contribution in [0.2, 0.25) is 0 Å². The number of benzene rings is 1. The van der Waals surface area contributed by atoms with Gasteiger partial charge in [0.1, 0.15) is 11.5 Å². The largest absolute Gasteiger partial charge is 0.484 e. The van der Waals surface area contributed by atoms with Gasteiger partial charge in [0.25, 0.3) is 5.91 Å². The molecule has 136 valence electrons. The van der Waals surface area contributed by atoms with Crippen LogP contribution in [-0.2, 0) is 20.9 Å². The SMILES string of the molecule is NC(=O)COc1ccc(NC(=O)[C@@H]2CC(=O)N(Cc3ccco3)C2)cc1. The number of furan rings is 1. The van der Waals surface area contributed by atoms with Crippen molar-refractivity contribution in [1.82, 2.24) is 4.90 Å². The van der Waals surface area contributed by atoms with E-state index in [-0.39, 0.29) is 24.8 Å². The van der Waals surface area contributed by atoms with Crippen LogP contribution in [0.5, 0.6) is 5.75 Å². The summed E-state index contributed by atoms with van der Waals surface area (Å²) in [7, 11) is 0. The number of rotatable bonds is 7. The summed E-state index contributed by atoms with van der Waals surface area (Å²) in [5, 5.41) is 2.79. The molecule has 2 heterocycles. The van der Waals surface area contributed by atoms with Crippen molar-refractivity contribution in [2.75, 3.05) is 18.5 Å². The third-order valence-corrected chi connectivity index (χ3v) is 4.02. The number of nitrogens with zero attached hydrogens (tertiary/aromatic N) is 1. The average Bonchev–Trinajstić information content (AvgIpc) is 3.25. The predicted molar refractivity (Wildman–Crippen MR) is 92.0 cm³/mol. The van der Waals surface area contributed by atoms with E-state index in [4.69, 9.17) is 14.9 Å². The zero-order valence-corrected chi connectivity index (χ0v) is 14.0. The monoisotopic (exact) mass is 357 g/mol. The minimum atomic E-state index is -0.563. The Labute approximate surface area is 149 Å². The van der Waals surface area contributed by atoms with Gasteiger partial charge in [0.2, 0.25) is 11.8 Å². The number of nitrogens with one attached hydrogen (secondary N) is 1. The molecule has 3 rings (SSSR count). The number of carbonyl (C=O) groups excluding carboxylic acids is 3. The lowest BCUT2D eigenvalue weighted by molar-refractivity contribution is -0.128. The third kappa shape index (κ3) is 4.41. The number of carbonyl (C=O) groups is 3. The summed E-state index contributed by atoms with van der Waals surface area (Å²) in [5.74, 6) is -0.105. The highest BCUT2D eigenvalue weighted by Gasteiger charge is 2.34. The Morgan fingerprint density at radius 2 is 2.04 bits per heavy atom. The third-order valence-electron chi connectivity index (χ3n) is 4.02. The van der Waals surface area contributed by atoms with Crippen LogP contribution < -0.4 is 15.8 Å².